The zero-order valence-electron chi connectivity index (χ0n) is 12.1. The van der Waals surface area contributed by atoms with Gasteiger partial charge in [-0.2, -0.15) is 0 Å². The van der Waals surface area contributed by atoms with E-state index in [0.717, 1.165) is 25.7 Å². The van der Waals surface area contributed by atoms with E-state index in [0.29, 0.717) is 12.6 Å². The van der Waals surface area contributed by atoms with Crippen LogP contribution in [0.4, 0.5) is 0 Å². The Labute approximate surface area is 116 Å². The van der Waals surface area contributed by atoms with Crippen molar-refractivity contribution in [2.24, 2.45) is 0 Å². The first kappa shape index (κ1) is 14.5. The maximum atomic E-state index is 12.5. The first-order chi connectivity index (χ1) is 9.13. The van der Waals surface area contributed by atoms with Crippen LogP contribution < -0.4 is 0 Å². The number of aliphatic hydroxyl groups excluding tert-OH is 1. The molecule has 0 spiro atoms. The predicted molar refractivity (Wildman–Crippen MR) is 75.6 cm³/mol. The Morgan fingerprint density at radius 3 is 2.74 bits per heavy atom. The molecule has 0 aromatic carbocycles. The van der Waals surface area contributed by atoms with Crippen molar-refractivity contribution >= 4 is 5.91 Å². The molecule has 1 unspecified atom stereocenters. The van der Waals surface area contributed by atoms with Gasteiger partial charge in [0.2, 0.25) is 5.91 Å². The van der Waals surface area contributed by atoms with Crippen molar-refractivity contribution in [2.45, 2.75) is 57.5 Å². The lowest BCUT2D eigenvalue weighted by molar-refractivity contribution is -0.131. The van der Waals surface area contributed by atoms with Gasteiger partial charge in [0.1, 0.15) is 0 Å². The quantitative estimate of drug-likeness (QED) is 0.796. The summed E-state index contributed by atoms with van der Waals surface area (Å²) in [5.41, 5.74) is 1.24. The fraction of sp³-hybridized carbons (Fsp3) is 0.800. The standard InChI is InChI=1S/C15H26N2O2/c1-12(11-18)16(2)10-15(19)17(14-8-9-14)13-6-4-3-5-7-13/h6,12,14,18H,3-5,7-11H2,1-2H3. The molecule has 1 atom stereocenters. The summed E-state index contributed by atoms with van der Waals surface area (Å²) in [6.07, 6.45) is 9.12. The van der Waals surface area contributed by atoms with Crippen molar-refractivity contribution in [3.05, 3.63) is 11.8 Å². The normalized spacial score (nSPS) is 21.2. The summed E-state index contributed by atoms with van der Waals surface area (Å²) in [6.45, 7) is 2.43. The topological polar surface area (TPSA) is 43.8 Å². The summed E-state index contributed by atoms with van der Waals surface area (Å²) in [6, 6.07) is 0.472. The van der Waals surface area contributed by atoms with Crippen molar-refractivity contribution in [2.75, 3.05) is 20.2 Å². The average molecular weight is 266 g/mol. The Kier molecular flexibility index (Phi) is 4.99. The molecule has 1 fully saturated rings. The van der Waals surface area contributed by atoms with Crippen LogP contribution >= 0.6 is 0 Å². The van der Waals surface area contributed by atoms with Crippen LogP contribution in [-0.2, 0) is 4.79 Å². The fourth-order valence-electron chi connectivity index (χ4n) is 2.56. The zero-order valence-corrected chi connectivity index (χ0v) is 12.1. The number of rotatable bonds is 6. The largest absolute Gasteiger partial charge is 0.395 e. The number of likely N-dealkylation sites (N-methyl/N-ethyl adjacent to an activating group) is 1. The fourth-order valence-corrected chi connectivity index (χ4v) is 2.56. The highest BCUT2D eigenvalue weighted by Crippen LogP contribution is 2.33. The van der Waals surface area contributed by atoms with Gasteiger partial charge in [-0.1, -0.05) is 6.08 Å². The van der Waals surface area contributed by atoms with Crippen molar-refractivity contribution in [3.8, 4) is 0 Å². The third kappa shape index (κ3) is 3.80. The molecule has 0 heterocycles. The van der Waals surface area contributed by atoms with Gasteiger partial charge in [0.15, 0.2) is 0 Å². The Hall–Kier alpha value is -0.870. The van der Waals surface area contributed by atoms with Crippen LogP contribution in [0.2, 0.25) is 0 Å². The molecule has 0 radical (unpaired) electrons. The molecule has 4 heteroatoms. The van der Waals surface area contributed by atoms with Gasteiger partial charge in [-0.15, -0.1) is 0 Å². The molecule has 0 aliphatic heterocycles. The van der Waals surface area contributed by atoms with Crippen molar-refractivity contribution < 1.29 is 9.90 Å². The second kappa shape index (κ2) is 6.53. The number of allylic oxidation sites excluding steroid dienone is 2. The van der Waals surface area contributed by atoms with Gasteiger partial charge in [0, 0.05) is 17.8 Å². The van der Waals surface area contributed by atoms with Crippen LogP contribution in [0.25, 0.3) is 0 Å². The maximum absolute atomic E-state index is 12.5. The SMILES string of the molecule is CC(CO)N(C)CC(=O)N(C1=CCCCC1)C1CC1. The van der Waals surface area contributed by atoms with E-state index in [1.807, 2.05) is 23.8 Å². The molecule has 2 aliphatic rings. The minimum Gasteiger partial charge on any atom is -0.395 e. The number of nitrogens with zero attached hydrogens (tertiary/aromatic N) is 2. The number of carbonyl (C=O) groups is 1. The van der Waals surface area contributed by atoms with E-state index in [9.17, 15) is 4.79 Å². The number of aliphatic hydroxyl groups is 1. The van der Waals surface area contributed by atoms with Crippen LogP contribution in [0.5, 0.6) is 0 Å². The predicted octanol–water partition coefficient (Wildman–Crippen LogP) is 1.75. The summed E-state index contributed by atoms with van der Waals surface area (Å²) < 4.78 is 0. The first-order valence-corrected chi connectivity index (χ1v) is 7.45. The molecular weight excluding hydrogens is 240 g/mol. The van der Waals surface area contributed by atoms with E-state index >= 15 is 0 Å². The second-order valence-corrected chi connectivity index (χ2v) is 5.88. The highest BCUT2D eigenvalue weighted by molar-refractivity contribution is 5.80. The molecule has 0 aromatic heterocycles. The smallest absolute Gasteiger partial charge is 0.241 e. The van der Waals surface area contributed by atoms with E-state index in [4.69, 9.17) is 5.11 Å². The molecular formula is C15H26N2O2. The van der Waals surface area contributed by atoms with Gasteiger partial charge < -0.3 is 10.0 Å². The highest BCUT2D eigenvalue weighted by Gasteiger charge is 2.35. The second-order valence-electron chi connectivity index (χ2n) is 5.88. The first-order valence-electron chi connectivity index (χ1n) is 7.45. The minimum atomic E-state index is 0.0327. The van der Waals surface area contributed by atoms with Crippen molar-refractivity contribution in [1.82, 2.24) is 9.80 Å². The summed E-state index contributed by atoms with van der Waals surface area (Å²) >= 11 is 0. The van der Waals surface area contributed by atoms with Gasteiger partial charge in [0.05, 0.1) is 13.2 Å². The highest BCUT2D eigenvalue weighted by atomic mass is 16.3. The summed E-state index contributed by atoms with van der Waals surface area (Å²) in [5.74, 6) is 0.193. The average Bonchev–Trinajstić information content (AvgIpc) is 3.23. The summed E-state index contributed by atoms with van der Waals surface area (Å²) in [7, 11) is 1.90. The van der Waals surface area contributed by atoms with E-state index in [2.05, 4.69) is 6.08 Å². The Bertz CT molecular complexity index is 350. The molecule has 0 aromatic rings. The maximum Gasteiger partial charge on any atom is 0.241 e. The van der Waals surface area contributed by atoms with Crippen LogP contribution in [0, 0.1) is 0 Å². The number of hydrogen-bond donors (Lipinski definition) is 1. The Balaban J connectivity index is 1.98. The third-order valence-corrected chi connectivity index (χ3v) is 4.16. The van der Waals surface area contributed by atoms with Gasteiger partial charge in [-0.3, -0.25) is 9.69 Å². The lowest BCUT2D eigenvalue weighted by Crippen LogP contribution is -2.43. The Morgan fingerprint density at radius 1 is 1.47 bits per heavy atom. The third-order valence-electron chi connectivity index (χ3n) is 4.16. The molecule has 1 saturated carbocycles. The molecule has 19 heavy (non-hydrogen) atoms. The van der Waals surface area contributed by atoms with Crippen LogP contribution in [0.15, 0.2) is 11.8 Å². The monoisotopic (exact) mass is 266 g/mol. The molecule has 0 bridgehead atoms. The molecule has 2 rings (SSSR count). The number of hydrogen-bond acceptors (Lipinski definition) is 3. The number of carbonyl (C=O) groups excluding carboxylic acids is 1. The lowest BCUT2D eigenvalue weighted by Gasteiger charge is -2.31. The van der Waals surface area contributed by atoms with Gasteiger partial charge in [0.25, 0.3) is 0 Å². The van der Waals surface area contributed by atoms with Gasteiger partial charge in [-0.05, 0) is 52.5 Å². The van der Waals surface area contributed by atoms with E-state index < -0.39 is 0 Å². The van der Waals surface area contributed by atoms with Crippen molar-refractivity contribution in [1.29, 1.82) is 0 Å². The van der Waals surface area contributed by atoms with Gasteiger partial charge >= 0.3 is 0 Å². The molecule has 1 amide bonds. The van der Waals surface area contributed by atoms with Crippen LogP contribution in [0.3, 0.4) is 0 Å². The van der Waals surface area contributed by atoms with Crippen molar-refractivity contribution in [3.63, 3.8) is 0 Å². The molecule has 2 aliphatic carbocycles. The molecule has 108 valence electrons. The van der Waals surface area contributed by atoms with Crippen LogP contribution in [0.1, 0.15) is 45.4 Å². The molecule has 4 nitrogen and oxygen atoms in total. The van der Waals surface area contributed by atoms with E-state index in [-0.39, 0.29) is 18.6 Å². The molecule has 1 N–H and O–H groups in total. The van der Waals surface area contributed by atoms with Gasteiger partial charge in [-0.25, -0.2) is 0 Å². The van der Waals surface area contributed by atoms with E-state index in [1.165, 1.54) is 18.5 Å². The summed E-state index contributed by atoms with van der Waals surface area (Å²) in [4.78, 5) is 16.5. The molecule has 0 saturated heterocycles. The zero-order chi connectivity index (χ0) is 13.8. The number of amides is 1. The Morgan fingerprint density at radius 2 is 2.21 bits per heavy atom. The van der Waals surface area contributed by atoms with E-state index in [1.54, 1.807) is 0 Å². The van der Waals surface area contributed by atoms with Crippen LogP contribution in [-0.4, -0.2) is 53.1 Å². The summed E-state index contributed by atoms with van der Waals surface area (Å²) in [5, 5.41) is 9.15. The minimum absolute atomic E-state index is 0.0327. The lowest BCUT2D eigenvalue weighted by atomic mass is 10.0.